The van der Waals surface area contributed by atoms with Gasteiger partial charge in [0.2, 0.25) is 0 Å². The van der Waals surface area contributed by atoms with Crippen molar-refractivity contribution in [3.63, 3.8) is 0 Å². The quantitative estimate of drug-likeness (QED) is 0.297. The monoisotopic (exact) mass is 583 g/mol. The molecule has 1 unspecified atom stereocenters. The number of halogens is 1. The van der Waals surface area contributed by atoms with Crippen LogP contribution in [0.4, 0.5) is 20.7 Å². The van der Waals surface area contributed by atoms with E-state index in [0.717, 1.165) is 17.8 Å². The average Bonchev–Trinajstić information content (AvgIpc) is 3.01. The van der Waals surface area contributed by atoms with Gasteiger partial charge in [0.15, 0.2) is 10.3 Å². The zero-order valence-electron chi connectivity index (χ0n) is 23.0. The van der Waals surface area contributed by atoms with Gasteiger partial charge in [-0.2, -0.15) is 10.3 Å². The van der Waals surface area contributed by atoms with Crippen LogP contribution in [0.25, 0.3) is 5.69 Å². The Morgan fingerprint density at radius 3 is 2.48 bits per heavy atom. The second kappa shape index (κ2) is 13.4. The standard InChI is InChI=1S/C31H30FN7O2S/c1-37-29(36-30(40)35-24-8-4-2-5-9-24)27(18-33)28(39(31(37)42)25-10-6-3-7-11-25)34-19-26-21-38(16-17-41-26)20-22-12-14-23(32)15-13-22/h2-15,26,34H,16-17,19-21H2,1H3,(H,35,40). The summed E-state index contributed by atoms with van der Waals surface area (Å²) in [6.07, 6.45) is -0.195. The largest absolute Gasteiger partial charge is 0.374 e. The number of rotatable bonds is 7. The molecule has 0 radical (unpaired) electrons. The van der Waals surface area contributed by atoms with E-state index in [0.29, 0.717) is 42.5 Å². The molecule has 3 aromatic carbocycles. The first-order chi connectivity index (χ1) is 20.4. The van der Waals surface area contributed by atoms with Gasteiger partial charge < -0.3 is 19.9 Å². The maximum absolute atomic E-state index is 13.4. The molecule has 9 nitrogen and oxygen atoms in total. The van der Waals surface area contributed by atoms with Gasteiger partial charge in [-0.05, 0) is 54.2 Å². The average molecular weight is 584 g/mol. The maximum Gasteiger partial charge on any atom is 0.347 e. The number of nitrogens with one attached hydrogen (secondary N) is 2. The number of aromatic nitrogens is 2. The lowest BCUT2D eigenvalue weighted by Gasteiger charge is -2.33. The van der Waals surface area contributed by atoms with Gasteiger partial charge in [-0.3, -0.25) is 9.47 Å². The number of hydrogen-bond donors (Lipinski definition) is 2. The third-order valence-electron chi connectivity index (χ3n) is 6.88. The van der Waals surface area contributed by atoms with E-state index in [-0.39, 0.29) is 23.0 Å². The number of nitrogens with zero attached hydrogens (tertiary/aromatic N) is 5. The minimum atomic E-state index is -0.627. The fraction of sp³-hybridized carbons (Fsp3) is 0.226. The summed E-state index contributed by atoms with van der Waals surface area (Å²) >= 11 is 5.83. The Morgan fingerprint density at radius 1 is 1.10 bits per heavy atom. The number of ether oxygens (including phenoxy) is 1. The third kappa shape index (κ3) is 6.80. The molecule has 0 aliphatic carbocycles. The molecule has 1 aliphatic rings. The molecule has 1 fully saturated rings. The van der Waals surface area contributed by atoms with E-state index in [9.17, 15) is 14.4 Å². The Kier molecular flexibility index (Phi) is 9.18. The molecule has 1 aliphatic heterocycles. The number of carbonyl (C=O) groups excluding carboxylic acids is 1. The minimum Gasteiger partial charge on any atom is -0.374 e. The van der Waals surface area contributed by atoms with Gasteiger partial charge in [-0.15, -0.1) is 0 Å². The van der Waals surface area contributed by atoms with Crippen LogP contribution in [0.2, 0.25) is 0 Å². The molecule has 214 valence electrons. The number of morpholine rings is 1. The van der Waals surface area contributed by atoms with Gasteiger partial charge in [-0.1, -0.05) is 48.5 Å². The number of amides is 2. The molecule has 1 aromatic heterocycles. The van der Waals surface area contributed by atoms with E-state index >= 15 is 0 Å². The van der Waals surface area contributed by atoms with Gasteiger partial charge in [0.25, 0.3) is 0 Å². The predicted molar refractivity (Wildman–Crippen MR) is 161 cm³/mol. The molecule has 5 rings (SSSR count). The molecule has 1 saturated heterocycles. The lowest BCUT2D eigenvalue weighted by atomic mass is 10.2. The molecule has 2 N–H and O–H groups in total. The van der Waals surface area contributed by atoms with Gasteiger partial charge in [-0.25, -0.2) is 9.18 Å². The Bertz CT molecular complexity index is 1720. The van der Waals surface area contributed by atoms with Crippen LogP contribution < -0.4 is 16.1 Å². The maximum atomic E-state index is 13.4. The van der Waals surface area contributed by atoms with Crippen LogP contribution in [-0.4, -0.2) is 52.4 Å². The summed E-state index contributed by atoms with van der Waals surface area (Å²) < 4.78 is 23.1. The van der Waals surface area contributed by atoms with Gasteiger partial charge in [0, 0.05) is 44.6 Å². The molecule has 2 heterocycles. The first kappa shape index (κ1) is 28.9. The first-order valence-electron chi connectivity index (χ1n) is 13.5. The van der Waals surface area contributed by atoms with Crippen molar-refractivity contribution in [3.8, 4) is 11.8 Å². The smallest absolute Gasteiger partial charge is 0.347 e. The van der Waals surface area contributed by atoms with Crippen molar-refractivity contribution in [2.24, 2.45) is 12.0 Å². The first-order valence-corrected chi connectivity index (χ1v) is 13.9. The summed E-state index contributed by atoms with van der Waals surface area (Å²) in [6.45, 7) is 2.96. The number of benzene rings is 3. The van der Waals surface area contributed by atoms with E-state index in [1.54, 1.807) is 52.6 Å². The van der Waals surface area contributed by atoms with E-state index in [1.807, 2.05) is 36.4 Å². The van der Waals surface area contributed by atoms with Crippen LogP contribution in [-0.2, 0) is 18.3 Å². The molecule has 11 heteroatoms. The lowest BCUT2D eigenvalue weighted by Crippen LogP contribution is -2.45. The molecule has 0 saturated carbocycles. The van der Waals surface area contributed by atoms with Gasteiger partial charge in [0.05, 0.1) is 12.7 Å². The zero-order valence-corrected chi connectivity index (χ0v) is 23.9. The van der Waals surface area contributed by atoms with Gasteiger partial charge >= 0.3 is 6.03 Å². The van der Waals surface area contributed by atoms with E-state index < -0.39 is 6.03 Å². The number of nitriles is 1. The molecular weight excluding hydrogens is 553 g/mol. The SMILES string of the molecule is Cn1c(=NC(=O)Nc2ccccc2)c(C#N)c(NCC2CN(Cc3ccc(F)cc3)CCO2)n(-c2ccccc2)c1=S. The van der Waals surface area contributed by atoms with E-state index in [4.69, 9.17) is 17.0 Å². The van der Waals surface area contributed by atoms with Crippen LogP contribution in [0.1, 0.15) is 11.1 Å². The van der Waals surface area contributed by atoms with Crippen LogP contribution in [0, 0.1) is 21.9 Å². The van der Waals surface area contributed by atoms with Crippen molar-refractivity contribution >= 4 is 29.8 Å². The second-order valence-corrected chi connectivity index (χ2v) is 10.2. The number of carbonyl (C=O) groups is 1. The lowest BCUT2D eigenvalue weighted by molar-refractivity contribution is -0.0241. The van der Waals surface area contributed by atoms with Crippen molar-refractivity contribution in [3.05, 3.63) is 112 Å². The van der Waals surface area contributed by atoms with Crippen molar-refractivity contribution in [1.82, 2.24) is 14.0 Å². The molecule has 42 heavy (non-hydrogen) atoms. The Hall–Kier alpha value is -4.63. The minimum absolute atomic E-state index is 0.133. The Labute approximate surface area is 248 Å². The van der Waals surface area contributed by atoms with Crippen LogP contribution >= 0.6 is 12.2 Å². The van der Waals surface area contributed by atoms with Gasteiger partial charge in [0.1, 0.15) is 23.3 Å². The van der Waals surface area contributed by atoms with E-state index in [2.05, 4.69) is 26.6 Å². The van der Waals surface area contributed by atoms with E-state index in [1.165, 1.54) is 12.1 Å². The molecule has 4 aromatic rings. The van der Waals surface area contributed by atoms with Crippen molar-refractivity contribution < 1.29 is 13.9 Å². The molecule has 0 spiro atoms. The number of anilines is 2. The fourth-order valence-electron chi connectivity index (χ4n) is 4.81. The van der Waals surface area contributed by atoms with Crippen molar-refractivity contribution in [2.75, 3.05) is 36.9 Å². The fourth-order valence-corrected chi connectivity index (χ4v) is 5.10. The van der Waals surface area contributed by atoms with Crippen molar-refractivity contribution in [1.29, 1.82) is 5.26 Å². The normalized spacial score (nSPS) is 15.6. The summed E-state index contributed by atoms with van der Waals surface area (Å²) in [5, 5.41) is 16.5. The topological polar surface area (TPSA) is 99.6 Å². The Morgan fingerprint density at radius 2 is 1.79 bits per heavy atom. The highest BCUT2D eigenvalue weighted by Crippen LogP contribution is 2.20. The van der Waals surface area contributed by atoms with Crippen molar-refractivity contribution in [2.45, 2.75) is 12.6 Å². The molecular formula is C31H30FN7O2S. The molecule has 1 atom stereocenters. The number of para-hydroxylation sites is 2. The summed E-state index contributed by atoms with van der Waals surface area (Å²) in [4.78, 5) is 19.4. The summed E-state index contributed by atoms with van der Waals surface area (Å²) in [7, 11) is 1.68. The Balaban J connectivity index is 1.46. The molecule has 2 amide bonds. The van der Waals surface area contributed by atoms with Crippen LogP contribution in [0.5, 0.6) is 0 Å². The number of urea groups is 1. The number of hydrogen-bond acceptors (Lipinski definition) is 6. The third-order valence-corrected chi connectivity index (χ3v) is 7.33. The van der Waals surface area contributed by atoms with Crippen LogP contribution in [0.15, 0.2) is 89.9 Å². The summed E-state index contributed by atoms with van der Waals surface area (Å²) in [5.41, 5.74) is 2.65. The predicted octanol–water partition coefficient (Wildman–Crippen LogP) is 5.00. The van der Waals surface area contributed by atoms with Crippen LogP contribution in [0.3, 0.4) is 0 Å². The highest BCUT2D eigenvalue weighted by Gasteiger charge is 2.23. The zero-order chi connectivity index (χ0) is 29.5. The highest BCUT2D eigenvalue weighted by molar-refractivity contribution is 7.71. The molecule has 0 bridgehead atoms. The summed E-state index contributed by atoms with van der Waals surface area (Å²) in [6, 6.07) is 26.5. The highest BCUT2D eigenvalue weighted by atomic mass is 32.1. The second-order valence-electron chi connectivity index (χ2n) is 9.81. The summed E-state index contributed by atoms with van der Waals surface area (Å²) in [5.74, 6) is 0.154.